The van der Waals surface area contributed by atoms with Crippen molar-refractivity contribution in [2.45, 2.75) is 25.7 Å². The standard InChI is InChI=1S/C18H18Cl2O/c1-12-3-2-4-13(7-12)16(11-19)8-15-10-17(20)9-14-5-6-21-18(14)15/h2-4,7,9-10,16H,5-6,8,11H2,1H3. The van der Waals surface area contributed by atoms with Gasteiger partial charge in [-0.2, -0.15) is 0 Å². The molecule has 0 spiro atoms. The predicted molar refractivity (Wildman–Crippen MR) is 89.0 cm³/mol. The van der Waals surface area contributed by atoms with Gasteiger partial charge in [0.05, 0.1) is 6.61 Å². The van der Waals surface area contributed by atoms with Crippen LogP contribution < -0.4 is 4.74 Å². The van der Waals surface area contributed by atoms with Crippen molar-refractivity contribution >= 4 is 23.2 Å². The molecule has 1 aliphatic rings. The number of ether oxygens (including phenoxy) is 1. The normalized spacial score (nSPS) is 14.6. The molecule has 0 aliphatic carbocycles. The molecule has 0 N–H and O–H groups in total. The molecule has 3 rings (SSSR count). The van der Waals surface area contributed by atoms with Crippen molar-refractivity contribution in [1.29, 1.82) is 0 Å². The van der Waals surface area contributed by atoms with Gasteiger partial charge in [-0.05, 0) is 42.2 Å². The number of hydrogen-bond donors (Lipinski definition) is 0. The Balaban J connectivity index is 1.91. The summed E-state index contributed by atoms with van der Waals surface area (Å²) in [6.45, 7) is 2.85. The quantitative estimate of drug-likeness (QED) is 0.708. The molecule has 1 nitrogen and oxygen atoms in total. The van der Waals surface area contributed by atoms with E-state index in [-0.39, 0.29) is 5.92 Å². The Labute approximate surface area is 135 Å². The lowest BCUT2D eigenvalue weighted by atomic mass is 9.91. The monoisotopic (exact) mass is 320 g/mol. The summed E-state index contributed by atoms with van der Waals surface area (Å²) in [7, 11) is 0. The van der Waals surface area contributed by atoms with Gasteiger partial charge in [-0.25, -0.2) is 0 Å². The molecule has 0 aromatic heterocycles. The maximum Gasteiger partial charge on any atom is 0.125 e. The highest BCUT2D eigenvalue weighted by Gasteiger charge is 2.21. The van der Waals surface area contributed by atoms with Crippen molar-refractivity contribution in [2.75, 3.05) is 12.5 Å². The minimum absolute atomic E-state index is 0.276. The highest BCUT2D eigenvalue weighted by atomic mass is 35.5. The molecule has 21 heavy (non-hydrogen) atoms. The van der Waals surface area contributed by atoms with Gasteiger partial charge in [-0.3, -0.25) is 0 Å². The molecule has 1 aliphatic heterocycles. The number of fused-ring (bicyclic) bond motifs is 1. The predicted octanol–water partition coefficient (Wildman–Crippen LogP) is 5.15. The smallest absolute Gasteiger partial charge is 0.125 e. The number of halogens is 2. The summed E-state index contributed by atoms with van der Waals surface area (Å²) in [5.41, 5.74) is 4.92. The van der Waals surface area contributed by atoms with E-state index in [0.717, 1.165) is 30.2 Å². The molecule has 2 aromatic carbocycles. The van der Waals surface area contributed by atoms with Crippen molar-refractivity contribution in [3.8, 4) is 5.75 Å². The molecule has 0 radical (unpaired) electrons. The van der Waals surface area contributed by atoms with Crippen LogP contribution in [0.1, 0.15) is 28.2 Å². The highest BCUT2D eigenvalue weighted by molar-refractivity contribution is 6.30. The Morgan fingerprint density at radius 3 is 2.86 bits per heavy atom. The molecule has 0 fully saturated rings. The fourth-order valence-electron chi connectivity index (χ4n) is 2.95. The zero-order valence-corrected chi connectivity index (χ0v) is 13.5. The SMILES string of the molecule is Cc1cccc(C(CCl)Cc2cc(Cl)cc3c2OCC3)c1. The third-order valence-electron chi connectivity index (χ3n) is 3.99. The van der Waals surface area contributed by atoms with Gasteiger partial charge >= 0.3 is 0 Å². The maximum absolute atomic E-state index is 6.24. The molecule has 2 aromatic rings. The Morgan fingerprint density at radius 1 is 1.24 bits per heavy atom. The van der Waals surface area contributed by atoms with E-state index in [9.17, 15) is 0 Å². The highest BCUT2D eigenvalue weighted by Crippen LogP contribution is 2.36. The largest absolute Gasteiger partial charge is 0.493 e. The number of benzene rings is 2. The van der Waals surface area contributed by atoms with Gasteiger partial charge in [0.2, 0.25) is 0 Å². The second kappa shape index (κ2) is 6.29. The van der Waals surface area contributed by atoms with Crippen LogP contribution in [0.2, 0.25) is 5.02 Å². The van der Waals surface area contributed by atoms with E-state index in [1.165, 1.54) is 22.3 Å². The van der Waals surface area contributed by atoms with Crippen LogP contribution in [0.4, 0.5) is 0 Å². The zero-order chi connectivity index (χ0) is 14.8. The van der Waals surface area contributed by atoms with Crippen molar-refractivity contribution in [3.63, 3.8) is 0 Å². The van der Waals surface area contributed by atoms with Gasteiger partial charge < -0.3 is 4.74 Å². The zero-order valence-electron chi connectivity index (χ0n) is 12.0. The van der Waals surface area contributed by atoms with Gasteiger partial charge in [-0.1, -0.05) is 41.4 Å². The first-order chi connectivity index (χ1) is 10.2. The molecule has 0 saturated carbocycles. The summed E-state index contributed by atoms with van der Waals surface area (Å²) >= 11 is 12.5. The van der Waals surface area contributed by atoms with Crippen LogP contribution in [-0.2, 0) is 12.8 Å². The summed E-state index contributed by atoms with van der Waals surface area (Å²) in [5, 5.41) is 0.784. The topological polar surface area (TPSA) is 9.23 Å². The lowest BCUT2D eigenvalue weighted by molar-refractivity contribution is 0.353. The van der Waals surface area contributed by atoms with E-state index in [1.54, 1.807) is 0 Å². The van der Waals surface area contributed by atoms with Crippen molar-refractivity contribution in [2.24, 2.45) is 0 Å². The van der Waals surface area contributed by atoms with Gasteiger partial charge in [0.15, 0.2) is 0 Å². The first-order valence-electron chi connectivity index (χ1n) is 7.24. The molecule has 0 saturated heterocycles. The van der Waals surface area contributed by atoms with E-state index in [4.69, 9.17) is 27.9 Å². The fourth-order valence-corrected chi connectivity index (χ4v) is 3.50. The van der Waals surface area contributed by atoms with Gasteiger partial charge in [0, 0.05) is 23.2 Å². The van der Waals surface area contributed by atoms with E-state index in [2.05, 4.69) is 31.2 Å². The van der Waals surface area contributed by atoms with E-state index >= 15 is 0 Å². The van der Waals surface area contributed by atoms with E-state index < -0.39 is 0 Å². The molecule has 3 heteroatoms. The Hall–Kier alpha value is -1.18. The van der Waals surface area contributed by atoms with Crippen LogP contribution in [-0.4, -0.2) is 12.5 Å². The molecule has 110 valence electrons. The van der Waals surface area contributed by atoms with Crippen LogP contribution in [0.3, 0.4) is 0 Å². The second-order valence-electron chi connectivity index (χ2n) is 5.62. The second-order valence-corrected chi connectivity index (χ2v) is 6.37. The average molecular weight is 321 g/mol. The Morgan fingerprint density at radius 2 is 2.10 bits per heavy atom. The third-order valence-corrected chi connectivity index (χ3v) is 4.58. The summed E-state index contributed by atoms with van der Waals surface area (Å²) < 4.78 is 5.79. The first-order valence-corrected chi connectivity index (χ1v) is 8.15. The molecular weight excluding hydrogens is 303 g/mol. The van der Waals surface area contributed by atoms with Crippen LogP contribution in [0.5, 0.6) is 5.75 Å². The lowest BCUT2D eigenvalue weighted by Crippen LogP contribution is -2.06. The summed E-state index contributed by atoms with van der Waals surface area (Å²) in [6, 6.07) is 12.6. The molecule has 0 bridgehead atoms. The third kappa shape index (κ3) is 3.20. The van der Waals surface area contributed by atoms with Crippen LogP contribution in [0.15, 0.2) is 36.4 Å². The minimum Gasteiger partial charge on any atom is -0.493 e. The number of aryl methyl sites for hydroxylation is 1. The van der Waals surface area contributed by atoms with Crippen molar-refractivity contribution in [1.82, 2.24) is 0 Å². The van der Waals surface area contributed by atoms with Crippen LogP contribution in [0, 0.1) is 6.92 Å². The minimum atomic E-state index is 0.276. The number of hydrogen-bond acceptors (Lipinski definition) is 1. The summed E-state index contributed by atoms with van der Waals surface area (Å²) in [4.78, 5) is 0. The molecular formula is C18H18Cl2O. The summed E-state index contributed by atoms with van der Waals surface area (Å²) in [6.07, 6.45) is 1.80. The molecule has 0 amide bonds. The van der Waals surface area contributed by atoms with Crippen LogP contribution in [0.25, 0.3) is 0 Å². The molecule has 1 atom stereocenters. The van der Waals surface area contributed by atoms with Crippen molar-refractivity contribution in [3.05, 3.63) is 63.7 Å². The van der Waals surface area contributed by atoms with Gasteiger partial charge in [0.1, 0.15) is 5.75 Å². The van der Waals surface area contributed by atoms with Crippen LogP contribution >= 0.6 is 23.2 Å². The molecule has 1 unspecified atom stereocenters. The van der Waals surface area contributed by atoms with E-state index in [0.29, 0.717) is 5.88 Å². The van der Waals surface area contributed by atoms with Gasteiger partial charge in [0.25, 0.3) is 0 Å². The first kappa shape index (κ1) is 14.7. The maximum atomic E-state index is 6.24. The van der Waals surface area contributed by atoms with Gasteiger partial charge in [-0.15, -0.1) is 11.6 Å². The average Bonchev–Trinajstić information content (AvgIpc) is 2.92. The fraction of sp³-hybridized carbons (Fsp3) is 0.333. The van der Waals surface area contributed by atoms with Crippen molar-refractivity contribution < 1.29 is 4.74 Å². The number of alkyl halides is 1. The Kier molecular flexibility index (Phi) is 4.42. The van der Waals surface area contributed by atoms with E-state index in [1.807, 2.05) is 12.1 Å². The number of rotatable bonds is 4. The summed E-state index contributed by atoms with van der Waals surface area (Å²) in [5.74, 6) is 1.88. The lowest BCUT2D eigenvalue weighted by Gasteiger charge is -2.17. The molecule has 1 heterocycles. The Bertz CT molecular complexity index is 652.